The van der Waals surface area contributed by atoms with Gasteiger partial charge in [0.1, 0.15) is 0 Å². The molecule has 0 aliphatic carbocycles. The molecule has 0 fully saturated rings. The van der Waals surface area contributed by atoms with Crippen LogP contribution >= 0.6 is 45.3 Å². The molecule has 4 aromatic heterocycles. The number of aryl methyl sites for hydroxylation is 2. The van der Waals surface area contributed by atoms with E-state index in [-0.39, 0.29) is 0 Å². The Kier molecular flexibility index (Phi) is 10.8. The number of hydrogen-bond acceptors (Lipinski definition) is 4. The van der Waals surface area contributed by atoms with E-state index in [9.17, 15) is 0 Å². The molecule has 0 bridgehead atoms. The molecule has 52 heavy (non-hydrogen) atoms. The van der Waals surface area contributed by atoms with Crippen molar-refractivity contribution in [1.29, 1.82) is 0 Å². The quantitative estimate of drug-likeness (QED) is 0.110. The fourth-order valence-corrected chi connectivity index (χ4v) is 11.6. The van der Waals surface area contributed by atoms with Gasteiger partial charge < -0.3 is 0 Å². The lowest BCUT2D eigenvalue weighted by Crippen LogP contribution is -1.83. The molecule has 0 aliphatic rings. The van der Waals surface area contributed by atoms with Crippen LogP contribution in [-0.4, -0.2) is 0 Å². The van der Waals surface area contributed by atoms with Gasteiger partial charge in [-0.15, -0.1) is 45.3 Å². The Hall–Kier alpha value is -4.32. The molecule has 0 saturated carbocycles. The second kappa shape index (κ2) is 16.1. The Labute approximate surface area is 324 Å². The van der Waals surface area contributed by atoms with E-state index < -0.39 is 0 Å². The summed E-state index contributed by atoms with van der Waals surface area (Å²) < 4.78 is 0. The highest BCUT2D eigenvalue weighted by atomic mass is 32.1. The first-order valence-electron chi connectivity index (χ1n) is 18.4. The summed E-state index contributed by atoms with van der Waals surface area (Å²) in [6, 6.07) is 53.9. The number of hydrogen-bond donors (Lipinski definition) is 0. The molecule has 0 radical (unpaired) electrons. The van der Waals surface area contributed by atoms with E-state index in [1.807, 2.05) is 45.3 Å². The Morgan fingerprint density at radius 2 is 0.673 bits per heavy atom. The third kappa shape index (κ3) is 7.58. The summed E-state index contributed by atoms with van der Waals surface area (Å²) in [5.41, 5.74) is 10.6. The maximum absolute atomic E-state index is 2.46. The fraction of sp³-hybridized carbons (Fsp3) is 0.167. The van der Waals surface area contributed by atoms with Crippen LogP contribution in [0.15, 0.2) is 146 Å². The first-order chi connectivity index (χ1) is 25.7. The fourth-order valence-electron chi connectivity index (χ4n) is 6.76. The van der Waals surface area contributed by atoms with Crippen molar-refractivity contribution < 1.29 is 0 Å². The van der Waals surface area contributed by atoms with E-state index in [0.717, 1.165) is 12.8 Å². The molecule has 0 N–H and O–H groups in total. The third-order valence-corrected chi connectivity index (χ3v) is 14.9. The highest BCUT2D eigenvalue weighted by Gasteiger charge is 2.18. The first-order valence-corrected chi connectivity index (χ1v) is 21.7. The van der Waals surface area contributed by atoms with Gasteiger partial charge in [0.25, 0.3) is 0 Å². The summed E-state index contributed by atoms with van der Waals surface area (Å²) >= 11 is 7.80. The molecule has 4 heterocycles. The lowest BCUT2D eigenvalue weighted by Gasteiger charge is -2.03. The smallest absolute Gasteiger partial charge is 0.0481 e. The average molecular weight is 747 g/mol. The van der Waals surface area contributed by atoms with E-state index in [1.165, 1.54) is 109 Å². The lowest BCUT2D eigenvalue weighted by atomic mass is 10.0. The van der Waals surface area contributed by atoms with Gasteiger partial charge in [-0.3, -0.25) is 0 Å². The van der Waals surface area contributed by atoms with Crippen LogP contribution in [0.1, 0.15) is 50.7 Å². The SMILES string of the molecule is CCCCc1cc(-c2ccc(-c3ccccc3)cc2)sc1-c1ccc(-c2ccc(-c3sc(-c4ccc(-c5ccccc5)cc4)cc3CCCC)s2)s1. The monoisotopic (exact) mass is 746 g/mol. The maximum Gasteiger partial charge on any atom is 0.0481 e. The average Bonchev–Trinajstić information content (AvgIpc) is 4.03. The molecule has 0 unspecified atom stereocenters. The molecular formula is C48H42S4. The van der Waals surface area contributed by atoms with Crippen molar-refractivity contribution in [2.24, 2.45) is 0 Å². The highest BCUT2D eigenvalue weighted by molar-refractivity contribution is 7.29. The third-order valence-electron chi connectivity index (χ3n) is 9.67. The predicted molar refractivity (Wildman–Crippen MR) is 233 cm³/mol. The molecule has 0 nitrogen and oxygen atoms in total. The van der Waals surface area contributed by atoms with Crippen LogP contribution in [0, 0.1) is 0 Å². The van der Waals surface area contributed by atoms with Gasteiger partial charge in [0.2, 0.25) is 0 Å². The summed E-state index contributed by atoms with van der Waals surface area (Å²) in [7, 11) is 0. The molecular weight excluding hydrogens is 705 g/mol. The summed E-state index contributed by atoms with van der Waals surface area (Å²) in [5.74, 6) is 0. The zero-order valence-electron chi connectivity index (χ0n) is 29.7. The van der Waals surface area contributed by atoms with E-state index in [2.05, 4.69) is 159 Å². The number of benzene rings is 4. The van der Waals surface area contributed by atoms with E-state index in [4.69, 9.17) is 0 Å². The Bertz CT molecular complexity index is 2180. The van der Waals surface area contributed by atoms with E-state index in [1.54, 1.807) is 0 Å². The van der Waals surface area contributed by atoms with Gasteiger partial charge in [0.05, 0.1) is 0 Å². The van der Waals surface area contributed by atoms with Crippen molar-refractivity contribution in [3.63, 3.8) is 0 Å². The van der Waals surface area contributed by atoms with Crippen molar-refractivity contribution in [2.45, 2.75) is 52.4 Å². The van der Waals surface area contributed by atoms with E-state index >= 15 is 0 Å². The van der Waals surface area contributed by atoms with Crippen molar-refractivity contribution in [3.05, 3.63) is 157 Å². The molecule has 0 amide bonds. The van der Waals surface area contributed by atoms with Crippen LogP contribution < -0.4 is 0 Å². The highest BCUT2D eigenvalue weighted by Crippen LogP contribution is 2.48. The zero-order chi connectivity index (χ0) is 35.3. The normalized spacial score (nSPS) is 11.3. The van der Waals surface area contributed by atoms with Crippen LogP contribution in [0.4, 0.5) is 0 Å². The van der Waals surface area contributed by atoms with Crippen molar-refractivity contribution in [1.82, 2.24) is 0 Å². The summed E-state index contributed by atoms with van der Waals surface area (Å²) in [4.78, 5) is 11.1. The molecule has 0 aliphatic heterocycles. The minimum atomic E-state index is 1.12. The summed E-state index contributed by atoms with van der Waals surface area (Å²) in [6.07, 6.45) is 7.07. The second-order valence-corrected chi connectivity index (χ2v) is 17.6. The van der Waals surface area contributed by atoms with Crippen LogP contribution in [-0.2, 0) is 12.8 Å². The van der Waals surface area contributed by atoms with Gasteiger partial charge in [0.15, 0.2) is 0 Å². The minimum Gasteiger partial charge on any atom is -0.134 e. The maximum atomic E-state index is 2.46. The molecule has 0 saturated heterocycles. The Morgan fingerprint density at radius 1 is 0.327 bits per heavy atom. The van der Waals surface area contributed by atoms with Crippen molar-refractivity contribution in [3.8, 4) is 72.4 Å². The Balaban J connectivity index is 1.06. The first kappa shape index (κ1) is 34.7. The standard InChI is InChI=1S/C48H42S4/c1-3-5-13-39-31-45(37-23-19-35(20-24-37)33-15-9-7-10-16-33)51-47(39)43-29-27-41(49-43)42-28-30-44(50-42)48-40(14-6-4-2)32-46(52-48)38-25-21-36(22-26-38)34-17-11-8-12-18-34/h7-12,15-32H,3-6,13-14H2,1-2H3. The lowest BCUT2D eigenvalue weighted by molar-refractivity contribution is 0.798. The topological polar surface area (TPSA) is 0 Å². The van der Waals surface area contributed by atoms with Crippen molar-refractivity contribution >= 4 is 45.3 Å². The molecule has 4 aromatic carbocycles. The van der Waals surface area contributed by atoms with Crippen LogP contribution in [0.3, 0.4) is 0 Å². The molecule has 0 spiro atoms. The summed E-state index contributed by atoms with van der Waals surface area (Å²) in [5, 5.41) is 0. The summed E-state index contributed by atoms with van der Waals surface area (Å²) in [6.45, 7) is 4.58. The minimum absolute atomic E-state index is 1.12. The Morgan fingerprint density at radius 3 is 1.06 bits per heavy atom. The van der Waals surface area contributed by atoms with Gasteiger partial charge in [0, 0.05) is 39.0 Å². The van der Waals surface area contributed by atoms with Gasteiger partial charge >= 0.3 is 0 Å². The van der Waals surface area contributed by atoms with E-state index in [0.29, 0.717) is 0 Å². The van der Waals surface area contributed by atoms with Gasteiger partial charge in [-0.2, -0.15) is 0 Å². The molecule has 258 valence electrons. The van der Waals surface area contributed by atoms with Crippen molar-refractivity contribution in [2.75, 3.05) is 0 Å². The molecule has 8 rings (SSSR count). The van der Waals surface area contributed by atoms with Gasteiger partial charge in [-0.25, -0.2) is 0 Å². The van der Waals surface area contributed by atoms with Crippen LogP contribution in [0.5, 0.6) is 0 Å². The van der Waals surface area contributed by atoms with Gasteiger partial charge in [-0.1, -0.05) is 136 Å². The predicted octanol–water partition coefficient (Wildman–Crippen LogP) is 16.3. The largest absolute Gasteiger partial charge is 0.134 e. The number of thiophene rings is 4. The van der Waals surface area contributed by atoms with Gasteiger partial charge in [-0.05, 0) is 107 Å². The molecule has 4 heteroatoms. The molecule has 8 aromatic rings. The van der Waals surface area contributed by atoms with Crippen LogP contribution in [0.2, 0.25) is 0 Å². The molecule has 0 atom stereocenters. The second-order valence-electron chi connectivity index (χ2n) is 13.4. The zero-order valence-corrected chi connectivity index (χ0v) is 33.0. The number of rotatable bonds is 13. The number of unbranched alkanes of at least 4 members (excludes halogenated alkanes) is 2. The van der Waals surface area contributed by atoms with Crippen LogP contribution in [0.25, 0.3) is 72.4 Å².